The van der Waals surface area contributed by atoms with Crippen LogP contribution in [0.25, 0.3) is 22.2 Å². The summed E-state index contributed by atoms with van der Waals surface area (Å²) in [4.78, 5) is 0. The van der Waals surface area contributed by atoms with E-state index in [4.69, 9.17) is 4.42 Å². The van der Waals surface area contributed by atoms with Crippen molar-refractivity contribution in [2.45, 2.75) is 6.92 Å². The summed E-state index contributed by atoms with van der Waals surface area (Å²) in [5.41, 5.74) is 3.80. The van der Waals surface area contributed by atoms with Gasteiger partial charge in [-0.1, -0.05) is 0 Å². The second kappa shape index (κ2) is 3.95. The topological polar surface area (TPSA) is 17.0 Å². The molecule has 0 N–H and O–H groups in total. The quantitative estimate of drug-likeness (QED) is 0.598. The van der Waals surface area contributed by atoms with Crippen LogP contribution in [0.4, 0.5) is 4.39 Å². The standard InChI is InChI=1S/C15H13FNO/c1-10-7-15-11(4-6-18-15)8-13(10)14-9-12(16)3-5-17(14)2/h3-9H,1-2H3/q+1. The summed E-state index contributed by atoms with van der Waals surface area (Å²) in [7, 11) is 1.91. The summed E-state index contributed by atoms with van der Waals surface area (Å²) in [6.45, 7) is 2.00. The zero-order valence-corrected chi connectivity index (χ0v) is 10.3. The van der Waals surface area contributed by atoms with E-state index in [2.05, 4.69) is 0 Å². The number of nitrogens with zero attached hydrogens (tertiary/aromatic N) is 1. The number of aryl methyl sites for hydroxylation is 2. The highest BCUT2D eigenvalue weighted by Crippen LogP contribution is 2.27. The molecule has 0 saturated heterocycles. The smallest absolute Gasteiger partial charge is 0.215 e. The largest absolute Gasteiger partial charge is 0.464 e. The van der Waals surface area contributed by atoms with Crippen LogP contribution in [-0.2, 0) is 7.05 Å². The fraction of sp³-hybridized carbons (Fsp3) is 0.133. The maximum atomic E-state index is 13.4. The van der Waals surface area contributed by atoms with Crippen LogP contribution in [0.5, 0.6) is 0 Å². The first kappa shape index (κ1) is 11.0. The number of halogens is 1. The molecule has 0 aliphatic carbocycles. The van der Waals surface area contributed by atoms with Gasteiger partial charge in [-0.25, -0.2) is 8.96 Å². The van der Waals surface area contributed by atoms with Crippen molar-refractivity contribution in [1.82, 2.24) is 0 Å². The molecule has 90 valence electrons. The molecule has 1 aromatic carbocycles. The number of fused-ring (bicyclic) bond motifs is 1. The van der Waals surface area contributed by atoms with Gasteiger partial charge in [0, 0.05) is 17.5 Å². The van der Waals surface area contributed by atoms with E-state index < -0.39 is 0 Å². The Morgan fingerprint density at radius 2 is 2.00 bits per heavy atom. The zero-order valence-electron chi connectivity index (χ0n) is 10.3. The number of pyridine rings is 1. The van der Waals surface area contributed by atoms with Crippen molar-refractivity contribution >= 4 is 11.0 Å². The minimum atomic E-state index is -0.227. The van der Waals surface area contributed by atoms with E-state index in [1.807, 2.05) is 36.7 Å². The number of aromatic nitrogens is 1. The summed E-state index contributed by atoms with van der Waals surface area (Å²) >= 11 is 0. The van der Waals surface area contributed by atoms with E-state index >= 15 is 0 Å². The van der Waals surface area contributed by atoms with Gasteiger partial charge in [0.25, 0.3) is 0 Å². The van der Waals surface area contributed by atoms with E-state index in [9.17, 15) is 4.39 Å². The van der Waals surface area contributed by atoms with Crippen LogP contribution < -0.4 is 4.57 Å². The van der Waals surface area contributed by atoms with Crippen LogP contribution in [0, 0.1) is 12.7 Å². The monoisotopic (exact) mass is 242 g/mol. The maximum Gasteiger partial charge on any atom is 0.215 e. The molecule has 0 radical (unpaired) electrons. The third-order valence-corrected chi connectivity index (χ3v) is 3.19. The Kier molecular flexibility index (Phi) is 2.40. The molecule has 2 heterocycles. The molecule has 0 spiro atoms. The van der Waals surface area contributed by atoms with Crippen molar-refractivity contribution in [2.24, 2.45) is 7.05 Å². The van der Waals surface area contributed by atoms with Crippen LogP contribution in [0.1, 0.15) is 5.56 Å². The predicted octanol–water partition coefficient (Wildman–Crippen LogP) is 3.37. The number of rotatable bonds is 1. The molecule has 0 fully saturated rings. The Morgan fingerprint density at radius 3 is 2.83 bits per heavy atom. The number of hydrogen-bond acceptors (Lipinski definition) is 1. The van der Waals surface area contributed by atoms with Crippen molar-refractivity contribution in [1.29, 1.82) is 0 Å². The SMILES string of the molecule is Cc1cc2occc2cc1-c1cc(F)cc[n+]1C. The molecule has 0 bridgehead atoms. The Bertz CT molecular complexity index is 730. The molecule has 0 aliphatic heterocycles. The van der Waals surface area contributed by atoms with Gasteiger partial charge in [-0.3, -0.25) is 0 Å². The molecule has 0 unspecified atom stereocenters. The lowest BCUT2D eigenvalue weighted by Crippen LogP contribution is -2.30. The molecule has 2 nitrogen and oxygen atoms in total. The maximum absolute atomic E-state index is 13.4. The fourth-order valence-electron chi connectivity index (χ4n) is 2.20. The van der Waals surface area contributed by atoms with Gasteiger partial charge in [-0.15, -0.1) is 0 Å². The molecule has 0 atom stereocenters. The molecule has 3 rings (SSSR count). The molecular formula is C15H13FNO+. The van der Waals surface area contributed by atoms with Crippen LogP contribution >= 0.6 is 0 Å². The van der Waals surface area contributed by atoms with E-state index in [-0.39, 0.29) is 5.82 Å². The lowest BCUT2D eigenvalue weighted by molar-refractivity contribution is -0.660. The van der Waals surface area contributed by atoms with Crippen molar-refractivity contribution < 1.29 is 13.4 Å². The summed E-state index contributed by atoms with van der Waals surface area (Å²) in [6.07, 6.45) is 3.39. The summed E-state index contributed by atoms with van der Waals surface area (Å²) < 4.78 is 20.7. The first-order valence-corrected chi connectivity index (χ1v) is 5.78. The normalized spacial score (nSPS) is 11.1. The zero-order chi connectivity index (χ0) is 12.7. The predicted molar refractivity (Wildman–Crippen MR) is 67.5 cm³/mol. The van der Waals surface area contributed by atoms with Gasteiger partial charge in [0.15, 0.2) is 6.20 Å². The fourth-order valence-corrected chi connectivity index (χ4v) is 2.20. The molecule has 3 heteroatoms. The summed E-state index contributed by atoms with van der Waals surface area (Å²) in [5.74, 6) is -0.227. The van der Waals surface area contributed by atoms with Gasteiger partial charge >= 0.3 is 0 Å². The second-order valence-corrected chi connectivity index (χ2v) is 4.47. The average molecular weight is 242 g/mol. The van der Waals surface area contributed by atoms with Crippen molar-refractivity contribution in [3.05, 3.63) is 54.2 Å². The van der Waals surface area contributed by atoms with Crippen molar-refractivity contribution in [3.63, 3.8) is 0 Å². The van der Waals surface area contributed by atoms with E-state index in [1.54, 1.807) is 18.5 Å². The Hall–Kier alpha value is -2.16. The molecule has 0 aliphatic rings. The summed E-state index contributed by atoms with van der Waals surface area (Å²) in [6, 6.07) is 8.93. The lowest BCUT2D eigenvalue weighted by Gasteiger charge is -2.04. The minimum absolute atomic E-state index is 0.227. The average Bonchev–Trinajstić information content (AvgIpc) is 2.78. The lowest BCUT2D eigenvalue weighted by atomic mass is 10.0. The van der Waals surface area contributed by atoms with Gasteiger partial charge in [0.1, 0.15) is 18.4 Å². The Balaban J connectivity index is 2.29. The van der Waals surface area contributed by atoms with E-state index in [0.717, 1.165) is 27.8 Å². The third-order valence-electron chi connectivity index (χ3n) is 3.19. The van der Waals surface area contributed by atoms with Gasteiger partial charge in [0.05, 0.1) is 11.8 Å². The third kappa shape index (κ3) is 1.68. The highest BCUT2D eigenvalue weighted by Gasteiger charge is 2.15. The van der Waals surface area contributed by atoms with E-state index in [0.29, 0.717) is 0 Å². The molecule has 2 aromatic heterocycles. The molecular weight excluding hydrogens is 229 g/mol. The van der Waals surface area contributed by atoms with Gasteiger partial charge in [-0.05, 0) is 30.7 Å². The molecule has 3 aromatic rings. The number of furan rings is 1. The van der Waals surface area contributed by atoms with Crippen LogP contribution in [0.2, 0.25) is 0 Å². The first-order chi connectivity index (χ1) is 8.65. The Labute approximate surface area is 104 Å². The van der Waals surface area contributed by atoms with Crippen molar-refractivity contribution in [2.75, 3.05) is 0 Å². The highest BCUT2D eigenvalue weighted by atomic mass is 19.1. The van der Waals surface area contributed by atoms with Gasteiger partial charge in [-0.2, -0.15) is 0 Å². The second-order valence-electron chi connectivity index (χ2n) is 4.47. The minimum Gasteiger partial charge on any atom is -0.464 e. The molecule has 0 amide bonds. The molecule has 0 saturated carbocycles. The van der Waals surface area contributed by atoms with Crippen molar-refractivity contribution in [3.8, 4) is 11.3 Å². The summed E-state index contributed by atoms with van der Waals surface area (Å²) in [5, 5.41) is 1.03. The first-order valence-electron chi connectivity index (χ1n) is 5.78. The van der Waals surface area contributed by atoms with E-state index in [1.165, 1.54) is 6.07 Å². The van der Waals surface area contributed by atoms with Gasteiger partial charge in [0.2, 0.25) is 5.69 Å². The highest BCUT2D eigenvalue weighted by molar-refractivity contribution is 5.84. The van der Waals surface area contributed by atoms with Crippen LogP contribution in [0.15, 0.2) is 47.2 Å². The molecule has 18 heavy (non-hydrogen) atoms. The number of hydrogen-bond donors (Lipinski definition) is 0. The number of benzene rings is 1. The van der Waals surface area contributed by atoms with Crippen LogP contribution in [0.3, 0.4) is 0 Å². The van der Waals surface area contributed by atoms with Crippen LogP contribution in [-0.4, -0.2) is 0 Å². The van der Waals surface area contributed by atoms with Gasteiger partial charge < -0.3 is 4.42 Å². The Morgan fingerprint density at radius 1 is 1.17 bits per heavy atom.